The lowest BCUT2D eigenvalue weighted by atomic mass is 10.1. The molecule has 1 aromatic rings. The number of thioether (sulfide) groups is 1. The highest BCUT2D eigenvalue weighted by atomic mass is 32.2. The molecule has 96 valence electrons. The fourth-order valence-corrected chi connectivity index (χ4v) is 3.58. The van der Waals surface area contributed by atoms with Crippen molar-refractivity contribution in [3.05, 3.63) is 35.9 Å². The van der Waals surface area contributed by atoms with Crippen LogP contribution in [0, 0.1) is 0 Å². The van der Waals surface area contributed by atoms with Crippen molar-refractivity contribution < 1.29 is 4.79 Å². The highest BCUT2D eigenvalue weighted by molar-refractivity contribution is 8.23. The van der Waals surface area contributed by atoms with Gasteiger partial charge in [0.15, 0.2) is 0 Å². The lowest BCUT2D eigenvalue weighted by molar-refractivity contribution is -0.128. The van der Waals surface area contributed by atoms with Gasteiger partial charge in [0.05, 0.1) is 6.04 Å². The largest absolute Gasteiger partial charge is 0.293 e. The van der Waals surface area contributed by atoms with E-state index < -0.39 is 0 Å². The summed E-state index contributed by atoms with van der Waals surface area (Å²) in [4.78, 5) is 13.9. The van der Waals surface area contributed by atoms with E-state index in [9.17, 15) is 4.79 Å². The van der Waals surface area contributed by atoms with Crippen LogP contribution in [-0.2, 0) is 11.2 Å². The third-order valence-electron chi connectivity index (χ3n) is 3.01. The molecule has 0 aromatic heterocycles. The van der Waals surface area contributed by atoms with Crippen molar-refractivity contribution in [2.45, 2.75) is 32.2 Å². The summed E-state index contributed by atoms with van der Waals surface area (Å²) in [6, 6.07) is 10.5. The van der Waals surface area contributed by atoms with Gasteiger partial charge in [-0.3, -0.25) is 9.69 Å². The Labute approximate surface area is 118 Å². The SMILES string of the molecule is CCCC(=O)N1C(=S)SC[C@H]1Cc1ccccc1. The van der Waals surface area contributed by atoms with Crippen LogP contribution in [0.2, 0.25) is 0 Å². The van der Waals surface area contributed by atoms with Gasteiger partial charge in [0.1, 0.15) is 4.32 Å². The number of carbonyl (C=O) groups excluding carboxylic acids is 1. The number of benzene rings is 1. The molecule has 1 aliphatic heterocycles. The van der Waals surface area contributed by atoms with Crippen LogP contribution in [0.3, 0.4) is 0 Å². The van der Waals surface area contributed by atoms with Crippen molar-refractivity contribution in [3.8, 4) is 0 Å². The Bertz CT molecular complexity index is 433. The van der Waals surface area contributed by atoms with Crippen LogP contribution in [0.15, 0.2) is 30.3 Å². The second-order valence-electron chi connectivity index (χ2n) is 4.43. The highest BCUT2D eigenvalue weighted by Gasteiger charge is 2.33. The molecule has 1 atom stereocenters. The predicted octanol–water partition coefficient (Wildman–Crippen LogP) is 3.26. The quantitative estimate of drug-likeness (QED) is 0.789. The minimum absolute atomic E-state index is 0.174. The fourth-order valence-electron chi connectivity index (χ4n) is 2.14. The number of nitrogens with zero attached hydrogens (tertiary/aromatic N) is 1. The lowest BCUT2D eigenvalue weighted by Crippen LogP contribution is -2.39. The lowest BCUT2D eigenvalue weighted by Gasteiger charge is -2.23. The van der Waals surface area contributed by atoms with E-state index in [0.29, 0.717) is 6.42 Å². The molecule has 1 saturated heterocycles. The molecule has 2 nitrogen and oxygen atoms in total. The Morgan fingerprint density at radius 1 is 1.44 bits per heavy atom. The van der Waals surface area contributed by atoms with Gasteiger partial charge in [-0.15, -0.1) is 0 Å². The fraction of sp³-hybridized carbons (Fsp3) is 0.429. The minimum atomic E-state index is 0.174. The Morgan fingerprint density at radius 3 is 2.83 bits per heavy atom. The smallest absolute Gasteiger partial charge is 0.228 e. The average molecular weight is 279 g/mol. The van der Waals surface area contributed by atoms with Gasteiger partial charge in [0, 0.05) is 12.2 Å². The van der Waals surface area contributed by atoms with E-state index in [4.69, 9.17) is 12.2 Å². The van der Waals surface area contributed by atoms with E-state index in [1.807, 2.05) is 30.0 Å². The van der Waals surface area contributed by atoms with Gasteiger partial charge in [-0.2, -0.15) is 0 Å². The van der Waals surface area contributed by atoms with E-state index in [1.54, 1.807) is 11.8 Å². The number of thiocarbonyl (C=S) groups is 1. The molecule has 0 saturated carbocycles. The Balaban J connectivity index is 2.07. The minimum Gasteiger partial charge on any atom is -0.293 e. The highest BCUT2D eigenvalue weighted by Crippen LogP contribution is 2.27. The summed E-state index contributed by atoms with van der Waals surface area (Å²) >= 11 is 6.92. The van der Waals surface area contributed by atoms with Gasteiger partial charge < -0.3 is 0 Å². The second-order valence-corrected chi connectivity index (χ2v) is 6.09. The molecule has 18 heavy (non-hydrogen) atoms. The molecule has 0 bridgehead atoms. The van der Waals surface area contributed by atoms with Gasteiger partial charge in [0.25, 0.3) is 0 Å². The summed E-state index contributed by atoms with van der Waals surface area (Å²) < 4.78 is 0.745. The molecule has 1 amide bonds. The van der Waals surface area contributed by atoms with Crippen molar-refractivity contribution in [1.29, 1.82) is 0 Å². The summed E-state index contributed by atoms with van der Waals surface area (Å²) in [5.41, 5.74) is 1.27. The van der Waals surface area contributed by atoms with Gasteiger partial charge in [0.2, 0.25) is 5.91 Å². The third kappa shape index (κ3) is 3.12. The van der Waals surface area contributed by atoms with Crippen LogP contribution in [0.25, 0.3) is 0 Å². The summed E-state index contributed by atoms with van der Waals surface area (Å²) in [6.07, 6.45) is 2.36. The van der Waals surface area contributed by atoms with Gasteiger partial charge in [-0.05, 0) is 18.4 Å². The Hall–Kier alpha value is -0.870. The van der Waals surface area contributed by atoms with E-state index in [2.05, 4.69) is 12.1 Å². The van der Waals surface area contributed by atoms with Crippen LogP contribution in [0.5, 0.6) is 0 Å². The van der Waals surface area contributed by atoms with Crippen LogP contribution in [-0.4, -0.2) is 26.9 Å². The van der Waals surface area contributed by atoms with Crippen LogP contribution < -0.4 is 0 Å². The molecule has 2 rings (SSSR count). The molecule has 0 N–H and O–H groups in total. The van der Waals surface area contributed by atoms with Crippen molar-refractivity contribution in [1.82, 2.24) is 4.90 Å². The predicted molar refractivity (Wildman–Crippen MR) is 80.7 cm³/mol. The molecule has 0 unspecified atom stereocenters. The van der Waals surface area contributed by atoms with E-state index in [0.717, 1.165) is 22.9 Å². The first-order chi connectivity index (χ1) is 8.72. The van der Waals surface area contributed by atoms with Crippen molar-refractivity contribution >= 4 is 34.2 Å². The number of rotatable bonds is 4. The first kappa shape index (κ1) is 13.6. The molecule has 0 aliphatic carbocycles. The molecule has 1 aliphatic rings. The summed E-state index contributed by atoms with van der Waals surface area (Å²) in [7, 11) is 0. The second kappa shape index (κ2) is 6.34. The summed E-state index contributed by atoms with van der Waals surface area (Å²) in [5.74, 6) is 1.09. The first-order valence-corrected chi connectivity index (χ1v) is 7.64. The maximum absolute atomic E-state index is 12.1. The van der Waals surface area contributed by atoms with Crippen LogP contribution >= 0.6 is 24.0 Å². The number of carbonyl (C=O) groups is 1. The third-order valence-corrected chi connectivity index (χ3v) is 4.55. The van der Waals surface area contributed by atoms with E-state index >= 15 is 0 Å². The number of hydrogen-bond donors (Lipinski definition) is 0. The number of amides is 1. The molecular weight excluding hydrogens is 262 g/mol. The average Bonchev–Trinajstić information content (AvgIpc) is 2.72. The van der Waals surface area contributed by atoms with Gasteiger partial charge in [-0.25, -0.2) is 0 Å². The van der Waals surface area contributed by atoms with E-state index in [-0.39, 0.29) is 11.9 Å². The zero-order chi connectivity index (χ0) is 13.0. The van der Waals surface area contributed by atoms with Crippen LogP contribution in [0.4, 0.5) is 0 Å². The number of hydrogen-bond acceptors (Lipinski definition) is 3. The molecule has 1 fully saturated rings. The topological polar surface area (TPSA) is 20.3 Å². The van der Waals surface area contributed by atoms with Crippen molar-refractivity contribution in [3.63, 3.8) is 0 Å². The van der Waals surface area contributed by atoms with Gasteiger partial charge in [-0.1, -0.05) is 61.2 Å². The monoisotopic (exact) mass is 279 g/mol. The van der Waals surface area contributed by atoms with Crippen molar-refractivity contribution in [2.75, 3.05) is 5.75 Å². The standard InChI is InChI=1S/C14H17NOS2/c1-2-6-13(16)15-12(10-18-14(15)17)9-11-7-4-3-5-8-11/h3-5,7-8,12H,2,6,9-10H2,1H3/t12-/m1/s1. The molecule has 4 heteroatoms. The van der Waals surface area contributed by atoms with E-state index in [1.165, 1.54) is 5.56 Å². The Kier molecular flexibility index (Phi) is 4.78. The normalized spacial score (nSPS) is 19.3. The van der Waals surface area contributed by atoms with Crippen molar-refractivity contribution in [2.24, 2.45) is 0 Å². The first-order valence-electron chi connectivity index (χ1n) is 6.25. The molecule has 1 heterocycles. The maximum Gasteiger partial charge on any atom is 0.228 e. The zero-order valence-corrected chi connectivity index (χ0v) is 12.1. The molecule has 0 spiro atoms. The van der Waals surface area contributed by atoms with Crippen LogP contribution in [0.1, 0.15) is 25.3 Å². The molecular formula is C14H17NOS2. The Morgan fingerprint density at radius 2 is 2.17 bits per heavy atom. The summed E-state index contributed by atoms with van der Waals surface area (Å²) in [5, 5.41) is 0. The molecule has 1 aromatic carbocycles. The summed E-state index contributed by atoms with van der Waals surface area (Å²) in [6.45, 7) is 2.02. The van der Waals surface area contributed by atoms with Gasteiger partial charge >= 0.3 is 0 Å². The maximum atomic E-state index is 12.1. The zero-order valence-electron chi connectivity index (χ0n) is 10.5. The molecule has 0 radical (unpaired) electrons.